The molecule has 6 heteroatoms. The van der Waals surface area contributed by atoms with Crippen molar-refractivity contribution < 1.29 is 18.7 Å². The first kappa shape index (κ1) is 26.9. The lowest BCUT2D eigenvalue weighted by molar-refractivity contribution is -0.137. The number of carbonyl (C=O) groups is 2. The molecule has 2 amide bonds. The molecule has 0 radical (unpaired) electrons. The molecule has 1 aliphatic carbocycles. The molecule has 6 nitrogen and oxygen atoms in total. The van der Waals surface area contributed by atoms with Crippen LogP contribution in [0.1, 0.15) is 75.9 Å². The molecule has 0 spiro atoms. The van der Waals surface area contributed by atoms with E-state index in [1.807, 2.05) is 36.4 Å². The van der Waals surface area contributed by atoms with Crippen LogP contribution in [-0.4, -0.2) is 23.3 Å². The highest BCUT2D eigenvalue weighted by Crippen LogP contribution is 2.40. The first-order valence-electron chi connectivity index (χ1n) is 14.6. The van der Waals surface area contributed by atoms with Gasteiger partial charge >= 0.3 is 0 Å². The number of fused-ring (bicyclic) bond motifs is 1. The molecule has 1 aliphatic heterocycles. The summed E-state index contributed by atoms with van der Waals surface area (Å²) >= 11 is 0. The van der Waals surface area contributed by atoms with Gasteiger partial charge in [-0.2, -0.15) is 0 Å². The number of ether oxygens (including phenoxy) is 1. The second kappa shape index (κ2) is 12.0. The summed E-state index contributed by atoms with van der Waals surface area (Å²) in [4.78, 5) is 28.4. The van der Waals surface area contributed by atoms with Gasteiger partial charge in [0.15, 0.2) is 5.76 Å². The van der Waals surface area contributed by atoms with Gasteiger partial charge in [0.05, 0.1) is 6.04 Å². The molecule has 1 fully saturated rings. The maximum absolute atomic E-state index is 13.7. The molecule has 4 aromatic rings. The van der Waals surface area contributed by atoms with E-state index in [1.165, 1.54) is 11.1 Å². The number of hydrogen-bond donors (Lipinski definition) is 1. The zero-order valence-corrected chi connectivity index (χ0v) is 23.5. The van der Waals surface area contributed by atoms with Crippen molar-refractivity contribution in [1.82, 2.24) is 10.2 Å². The van der Waals surface area contributed by atoms with Gasteiger partial charge in [0.2, 0.25) is 5.91 Å². The predicted molar refractivity (Wildman–Crippen MR) is 157 cm³/mol. The van der Waals surface area contributed by atoms with Crippen LogP contribution in [0.2, 0.25) is 0 Å². The second-order valence-corrected chi connectivity index (χ2v) is 11.2. The third-order valence-electron chi connectivity index (χ3n) is 8.25. The third kappa shape index (κ3) is 6.07. The molecule has 2 heterocycles. The molecular weight excluding hydrogens is 512 g/mol. The molecule has 0 saturated heterocycles. The number of carbonyl (C=O) groups excluding carboxylic acids is 2. The highest BCUT2D eigenvalue weighted by Gasteiger charge is 2.36. The molecule has 0 bridgehead atoms. The Morgan fingerprint density at radius 2 is 1.78 bits per heavy atom. The van der Waals surface area contributed by atoms with Crippen LogP contribution in [0.3, 0.4) is 0 Å². The highest BCUT2D eigenvalue weighted by molar-refractivity contribution is 5.91. The number of nitrogens with one attached hydrogen (secondary N) is 1. The van der Waals surface area contributed by atoms with E-state index in [2.05, 4.69) is 53.5 Å². The van der Waals surface area contributed by atoms with Gasteiger partial charge in [-0.15, -0.1) is 0 Å². The molecular formula is C35H36N2O4. The summed E-state index contributed by atoms with van der Waals surface area (Å²) in [6, 6.07) is 27.7. The van der Waals surface area contributed by atoms with Crippen molar-refractivity contribution in [2.45, 2.75) is 58.2 Å². The minimum Gasteiger partial charge on any atom is -0.486 e. The van der Waals surface area contributed by atoms with Crippen molar-refractivity contribution in [3.8, 4) is 5.75 Å². The van der Waals surface area contributed by atoms with Crippen molar-refractivity contribution in [3.63, 3.8) is 0 Å². The van der Waals surface area contributed by atoms with Gasteiger partial charge in [0.1, 0.15) is 18.1 Å². The van der Waals surface area contributed by atoms with Crippen molar-refractivity contribution in [2.24, 2.45) is 5.92 Å². The zero-order valence-electron chi connectivity index (χ0n) is 23.5. The van der Waals surface area contributed by atoms with E-state index in [-0.39, 0.29) is 36.1 Å². The lowest BCUT2D eigenvalue weighted by Crippen LogP contribution is -2.43. The highest BCUT2D eigenvalue weighted by atomic mass is 16.5. The van der Waals surface area contributed by atoms with Crippen molar-refractivity contribution >= 4 is 11.8 Å². The van der Waals surface area contributed by atoms with E-state index in [0.29, 0.717) is 18.1 Å². The maximum Gasteiger partial charge on any atom is 0.287 e. The minimum atomic E-state index is -0.262. The van der Waals surface area contributed by atoms with Crippen LogP contribution in [0.25, 0.3) is 0 Å². The summed E-state index contributed by atoms with van der Waals surface area (Å²) in [5, 5.41) is 2.89. The smallest absolute Gasteiger partial charge is 0.287 e. The lowest BCUT2D eigenvalue weighted by atomic mass is 9.86. The number of furan rings is 1. The van der Waals surface area contributed by atoms with E-state index in [0.717, 1.165) is 55.3 Å². The molecule has 2 aliphatic rings. The van der Waals surface area contributed by atoms with E-state index in [1.54, 1.807) is 12.1 Å². The molecule has 1 atom stereocenters. The van der Waals surface area contributed by atoms with Gasteiger partial charge in [-0.25, -0.2) is 0 Å². The summed E-state index contributed by atoms with van der Waals surface area (Å²) in [6.07, 6.45) is 5.08. The molecule has 210 valence electrons. The average molecular weight is 549 g/mol. The first-order chi connectivity index (χ1) is 20.0. The van der Waals surface area contributed by atoms with Crippen LogP contribution in [0, 0.1) is 12.8 Å². The second-order valence-electron chi connectivity index (χ2n) is 11.2. The third-order valence-corrected chi connectivity index (χ3v) is 8.25. The maximum atomic E-state index is 13.7. The van der Waals surface area contributed by atoms with Crippen molar-refractivity contribution in [1.29, 1.82) is 0 Å². The van der Waals surface area contributed by atoms with E-state index < -0.39 is 0 Å². The van der Waals surface area contributed by atoms with Gasteiger partial charge < -0.3 is 19.4 Å². The molecule has 1 unspecified atom stereocenters. The van der Waals surface area contributed by atoms with Crippen LogP contribution in [-0.2, 0) is 24.4 Å². The fraction of sp³-hybridized carbons (Fsp3) is 0.314. The summed E-state index contributed by atoms with van der Waals surface area (Å²) in [5.74, 6) is 1.68. The fourth-order valence-electron chi connectivity index (χ4n) is 6.12. The first-order valence-corrected chi connectivity index (χ1v) is 14.6. The van der Waals surface area contributed by atoms with Gasteiger partial charge in [0.25, 0.3) is 5.91 Å². The van der Waals surface area contributed by atoms with Crippen LogP contribution >= 0.6 is 0 Å². The quantitative estimate of drug-likeness (QED) is 0.264. The monoisotopic (exact) mass is 548 g/mol. The van der Waals surface area contributed by atoms with Gasteiger partial charge in [0, 0.05) is 19.0 Å². The Kier molecular flexibility index (Phi) is 7.90. The lowest BCUT2D eigenvalue weighted by Gasteiger charge is -2.39. The molecule has 3 aromatic carbocycles. The van der Waals surface area contributed by atoms with E-state index in [4.69, 9.17) is 9.15 Å². The molecule has 1 aromatic heterocycles. The summed E-state index contributed by atoms with van der Waals surface area (Å²) in [6.45, 7) is 3.45. The van der Waals surface area contributed by atoms with Gasteiger partial charge in [-0.3, -0.25) is 9.59 Å². The number of benzene rings is 3. The average Bonchev–Trinajstić information content (AvgIpc) is 3.71. The van der Waals surface area contributed by atoms with Crippen LogP contribution in [0.15, 0.2) is 89.3 Å². The normalized spacial score (nSPS) is 16.8. The Morgan fingerprint density at radius 1 is 0.951 bits per heavy atom. The fourth-order valence-corrected chi connectivity index (χ4v) is 6.12. The van der Waals surface area contributed by atoms with Gasteiger partial charge in [-0.1, -0.05) is 79.1 Å². The molecule has 1 saturated carbocycles. The Morgan fingerprint density at radius 3 is 2.59 bits per heavy atom. The number of aryl methyl sites for hydroxylation is 1. The largest absolute Gasteiger partial charge is 0.486 e. The van der Waals surface area contributed by atoms with E-state index >= 15 is 0 Å². The molecule has 6 rings (SSSR count). The number of amides is 2. The minimum absolute atomic E-state index is 0.126. The number of rotatable bonds is 8. The standard InChI is InChI=1S/C35H36N2O4/c1-24-8-7-13-28(20-24)33-31-21-29(15-14-26(31)18-19-37(33)35(39)27-11-5-6-12-27)40-23-30-16-17-32(41-30)34(38)36-22-25-9-3-2-4-10-25/h2-4,7-10,13-17,20-21,27,33H,5-6,11-12,18-19,22-23H2,1H3,(H,36,38). The van der Waals surface area contributed by atoms with Crippen molar-refractivity contribution in [2.75, 3.05) is 6.54 Å². The Balaban J connectivity index is 1.18. The SMILES string of the molecule is Cc1cccc(C2c3cc(OCc4ccc(C(=O)NCc5ccccc5)o4)ccc3CCN2C(=O)C2CCCC2)c1. The van der Waals surface area contributed by atoms with Crippen molar-refractivity contribution in [3.05, 3.63) is 124 Å². The van der Waals surface area contributed by atoms with Crippen LogP contribution in [0.5, 0.6) is 5.75 Å². The zero-order chi connectivity index (χ0) is 28.2. The summed E-state index contributed by atoms with van der Waals surface area (Å²) < 4.78 is 11.9. The number of nitrogens with zero attached hydrogens (tertiary/aromatic N) is 1. The Bertz CT molecular complexity index is 1520. The molecule has 1 N–H and O–H groups in total. The summed E-state index contributed by atoms with van der Waals surface area (Å²) in [5.41, 5.74) is 5.69. The summed E-state index contributed by atoms with van der Waals surface area (Å²) in [7, 11) is 0. The number of hydrogen-bond acceptors (Lipinski definition) is 4. The Hall–Kier alpha value is -4.32. The Labute approximate surface area is 241 Å². The van der Waals surface area contributed by atoms with E-state index in [9.17, 15) is 9.59 Å². The topological polar surface area (TPSA) is 71.8 Å². The van der Waals surface area contributed by atoms with Gasteiger partial charge in [-0.05, 0) is 72.7 Å². The van der Waals surface area contributed by atoms with Crippen LogP contribution < -0.4 is 10.1 Å². The van der Waals surface area contributed by atoms with Crippen LogP contribution in [0.4, 0.5) is 0 Å². The molecule has 41 heavy (non-hydrogen) atoms. The predicted octanol–water partition coefficient (Wildman–Crippen LogP) is 6.76.